The van der Waals surface area contributed by atoms with E-state index in [4.69, 9.17) is 0 Å². The number of H-pyrrole nitrogens is 1. The van der Waals surface area contributed by atoms with Crippen molar-refractivity contribution >= 4 is 16.7 Å². The second-order valence-electron chi connectivity index (χ2n) is 8.44. The standard InChI is InChI=1S/C23H23FN4O2/c24-19-6-5-15(12-20-16-3-1-2-4-17(16)21(29)27-26-20)11-18(19)22(30)28-10-8-23(14-28)7-9-25-13-23/h1-6,11,25H,7-10,12-14H2,(H,27,29). The topological polar surface area (TPSA) is 78.1 Å². The van der Waals surface area contributed by atoms with Crippen LogP contribution in [0.2, 0.25) is 0 Å². The molecule has 2 aromatic carbocycles. The van der Waals surface area contributed by atoms with Gasteiger partial charge in [0.1, 0.15) is 5.82 Å². The zero-order chi connectivity index (χ0) is 20.7. The summed E-state index contributed by atoms with van der Waals surface area (Å²) in [4.78, 5) is 26.9. The maximum absolute atomic E-state index is 14.6. The molecule has 3 heterocycles. The van der Waals surface area contributed by atoms with E-state index >= 15 is 0 Å². The molecule has 0 aliphatic carbocycles. The van der Waals surface area contributed by atoms with Crippen LogP contribution in [0.25, 0.3) is 10.8 Å². The van der Waals surface area contributed by atoms with Crippen molar-refractivity contribution in [2.75, 3.05) is 26.2 Å². The van der Waals surface area contributed by atoms with Crippen molar-refractivity contribution < 1.29 is 9.18 Å². The summed E-state index contributed by atoms with van der Waals surface area (Å²) in [5.41, 5.74) is 1.47. The normalized spacial score (nSPS) is 21.0. The van der Waals surface area contributed by atoms with Crippen molar-refractivity contribution in [1.82, 2.24) is 20.4 Å². The number of nitrogens with zero attached hydrogens (tertiary/aromatic N) is 2. The molecule has 30 heavy (non-hydrogen) atoms. The number of hydrogen-bond acceptors (Lipinski definition) is 4. The van der Waals surface area contributed by atoms with Gasteiger partial charge in [0.25, 0.3) is 11.5 Å². The Kier molecular flexibility index (Phi) is 4.62. The minimum Gasteiger partial charge on any atom is -0.338 e. The lowest BCUT2D eigenvalue weighted by atomic mass is 9.86. The van der Waals surface area contributed by atoms with Crippen LogP contribution in [0.1, 0.15) is 34.5 Å². The van der Waals surface area contributed by atoms with Crippen molar-refractivity contribution in [2.24, 2.45) is 5.41 Å². The first kappa shape index (κ1) is 18.9. The lowest BCUT2D eigenvalue weighted by molar-refractivity contribution is 0.0771. The molecular weight excluding hydrogens is 383 g/mol. The predicted molar refractivity (Wildman–Crippen MR) is 112 cm³/mol. The maximum Gasteiger partial charge on any atom is 0.272 e. The number of aromatic amines is 1. The third-order valence-corrected chi connectivity index (χ3v) is 6.47. The summed E-state index contributed by atoms with van der Waals surface area (Å²) in [6.07, 6.45) is 2.41. The molecule has 2 aliphatic rings. The molecule has 2 saturated heterocycles. The zero-order valence-electron chi connectivity index (χ0n) is 16.6. The molecular formula is C23H23FN4O2. The molecule has 0 saturated carbocycles. The van der Waals surface area contributed by atoms with Gasteiger partial charge in [-0.2, -0.15) is 5.10 Å². The van der Waals surface area contributed by atoms with Crippen LogP contribution in [0.4, 0.5) is 4.39 Å². The minimum atomic E-state index is -0.506. The van der Waals surface area contributed by atoms with Crippen LogP contribution < -0.4 is 10.9 Å². The SMILES string of the molecule is O=C(c1cc(Cc2n[nH]c(=O)c3ccccc23)ccc1F)N1CCC2(CCNC2)C1. The van der Waals surface area contributed by atoms with Gasteiger partial charge >= 0.3 is 0 Å². The summed E-state index contributed by atoms with van der Waals surface area (Å²) < 4.78 is 14.6. The van der Waals surface area contributed by atoms with E-state index in [0.717, 1.165) is 36.9 Å². The fourth-order valence-corrected chi connectivity index (χ4v) is 4.77. The number of aromatic nitrogens is 2. The second-order valence-corrected chi connectivity index (χ2v) is 8.44. The highest BCUT2D eigenvalue weighted by Gasteiger charge is 2.42. The number of fused-ring (bicyclic) bond motifs is 1. The fourth-order valence-electron chi connectivity index (χ4n) is 4.77. The van der Waals surface area contributed by atoms with Crippen LogP contribution in [0.3, 0.4) is 0 Å². The molecule has 1 unspecified atom stereocenters. The largest absolute Gasteiger partial charge is 0.338 e. The molecule has 154 valence electrons. The number of amides is 1. The summed E-state index contributed by atoms with van der Waals surface area (Å²) in [5, 5.41) is 11.4. The third kappa shape index (κ3) is 3.29. The molecule has 0 bridgehead atoms. The smallest absolute Gasteiger partial charge is 0.272 e. The fraction of sp³-hybridized carbons (Fsp3) is 0.348. The summed E-state index contributed by atoms with van der Waals surface area (Å²) in [6.45, 7) is 3.24. The lowest BCUT2D eigenvalue weighted by Gasteiger charge is -2.23. The quantitative estimate of drug-likeness (QED) is 0.701. The molecule has 1 atom stereocenters. The average molecular weight is 406 g/mol. The summed E-state index contributed by atoms with van der Waals surface area (Å²) >= 11 is 0. The van der Waals surface area contributed by atoms with E-state index < -0.39 is 5.82 Å². The summed E-state index contributed by atoms with van der Waals surface area (Å²) in [7, 11) is 0. The molecule has 6 nitrogen and oxygen atoms in total. The second kappa shape index (κ2) is 7.32. The van der Waals surface area contributed by atoms with Gasteiger partial charge in [-0.3, -0.25) is 9.59 Å². The highest BCUT2D eigenvalue weighted by molar-refractivity contribution is 5.95. The third-order valence-electron chi connectivity index (χ3n) is 6.47. The van der Waals surface area contributed by atoms with Gasteiger partial charge in [-0.15, -0.1) is 0 Å². The highest BCUT2D eigenvalue weighted by atomic mass is 19.1. The molecule has 1 spiro atoms. The van der Waals surface area contributed by atoms with E-state index in [1.807, 2.05) is 12.1 Å². The Hall–Kier alpha value is -3.06. The van der Waals surface area contributed by atoms with E-state index in [0.29, 0.717) is 30.6 Å². The molecule has 3 aromatic rings. The number of carbonyl (C=O) groups excluding carboxylic acids is 1. The molecule has 5 rings (SSSR count). The lowest BCUT2D eigenvalue weighted by Crippen LogP contribution is -2.33. The van der Waals surface area contributed by atoms with Gasteiger partial charge in [0.05, 0.1) is 16.6 Å². The average Bonchev–Trinajstić information content (AvgIpc) is 3.41. The van der Waals surface area contributed by atoms with Crippen LogP contribution in [0.5, 0.6) is 0 Å². The number of hydrogen-bond donors (Lipinski definition) is 2. The van der Waals surface area contributed by atoms with Crippen molar-refractivity contribution in [1.29, 1.82) is 0 Å². The van der Waals surface area contributed by atoms with Gasteiger partial charge in [-0.1, -0.05) is 24.3 Å². The Balaban J connectivity index is 1.43. The number of benzene rings is 2. The summed E-state index contributed by atoms with van der Waals surface area (Å²) in [6, 6.07) is 11.9. The molecule has 1 amide bonds. The van der Waals surface area contributed by atoms with Crippen LogP contribution in [0, 0.1) is 11.2 Å². The number of halogens is 1. The van der Waals surface area contributed by atoms with Gasteiger partial charge in [0, 0.05) is 36.9 Å². The van der Waals surface area contributed by atoms with Crippen molar-refractivity contribution in [3.63, 3.8) is 0 Å². The van der Waals surface area contributed by atoms with Crippen LogP contribution in [-0.4, -0.2) is 47.2 Å². The van der Waals surface area contributed by atoms with Crippen molar-refractivity contribution in [2.45, 2.75) is 19.3 Å². The Bertz CT molecular complexity index is 1180. The van der Waals surface area contributed by atoms with Gasteiger partial charge in [-0.05, 0) is 43.1 Å². The Morgan fingerprint density at radius 2 is 2.00 bits per heavy atom. The molecule has 2 N–H and O–H groups in total. The first-order chi connectivity index (χ1) is 14.5. The van der Waals surface area contributed by atoms with E-state index in [1.165, 1.54) is 6.07 Å². The number of rotatable bonds is 3. The van der Waals surface area contributed by atoms with Gasteiger partial charge in [-0.25, -0.2) is 9.49 Å². The molecule has 0 radical (unpaired) electrons. The number of likely N-dealkylation sites (tertiary alicyclic amines) is 1. The Morgan fingerprint density at radius 1 is 1.17 bits per heavy atom. The van der Waals surface area contributed by atoms with E-state index in [9.17, 15) is 14.0 Å². The van der Waals surface area contributed by atoms with E-state index in [-0.39, 0.29) is 22.4 Å². The minimum absolute atomic E-state index is 0.101. The first-order valence-corrected chi connectivity index (χ1v) is 10.3. The van der Waals surface area contributed by atoms with Gasteiger partial charge in [0.2, 0.25) is 0 Å². The van der Waals surface area contributed by atoms with E-state index in [1.54, 1.807) is 29.2 Å². The maximum atomic E-state index is 14.6. The Labute approximate surface area is 173 Å². The zero-order valence-corrected chi connectivity index (χ0v) is 16.6. The van der Waals surface area contributed by atoms with Crippen LogP contribution in [-0.2, 0) is 6.42 Å². The van der Waals surface area contributed by atoms with Gasteiger partial charge in [0.15, 0.2) is 0 Å². The summed E-state index contributed by atoms with van der Waals surface area (Å²) in [5.74, 6) is -0.758. The predicted octanol–water partition coefficient (Wildman–Crippen LogP) is 2.48. The van der Waals surface area contributed by atoms with Crippen LogP contribution >= 0.6 is 0 Å². The van der Waals surface area contributed by atoms with Crippen LogP contribution in [0.15, 0.2) is 47.3 Å². The highest BCUT2D eigenvalue weighted by Crippen LogP contribution is 2.36. The van der Waals surface area contributed by atoms with Crippen molar-refractivity contribution in [3.05, 3.63) is 75.5 Å². The number of carbonyl (C=O) groups is 1. The molecule has 2 fully saturated rings. The van der Waals surface area contributed by atoms with Gasteiger partial charge < -0.3 is 10.2 Å². The first-order valence-electron chi connectivity index (χ1n) is 10.3. The molecule has 2 aliphatic heterocycles. The molecule has 7 heteroatoms. The monoisotopic (exact) mass is 406 g/mol. The van der Waals surface area contributed by atoms with Crippen molar-refractivity contribution in [3.8, 4) is 0 Å². The number of nitrogens with one attached hydrogen (secondary N) is 2. The van der Waals surface area contributed by atoms with E-state index in [2.05, 4.69) is 15.5 Å². The molecule has 1 aromatic heterocycles. The Morgan fingerprint density at radius 3 is 2.80 bits per heavy atom.